The molecule has 5 aromatic rings. The maximum absolute atomic E-state index is 14.8. The van der Waals surface area contributed by atoms with Crippen LogP contribution in [0, 0.1) is 5.82 Å². The van der Waals surface area contributed by atoms with Crippen molar-refractivity contribution in [3.05, 3.63) is 94.5 Å². The van der Waals surface area contributed by atoms with E-state index in [4.69, 9.17) is 4.74 Å². The Hall–Kier alpha value is -4.60. The van der Waals surface area contributed by atoms with Crippen LogP contribution in [0.1, 0.15) is 31.0 Å². The molecule has 0 fully saturated rings. The monoisotopic (exact) mass is 499 g/mol. The van der Waals surface area contributed by atoms with E-state index in [0.29, 0.717) is 24.5 Å². The molecule has 0 aliphatic carbocycles. The van der Waals surface area contributed by atoms with Gasteiger partial charge in [0.25, 0.3) is 0 Å². The van der Waals surface area contributed by atoms with Crippen molar-refractivity contribution in [1.82, 2.24) is 34.7 Å². The molecule has 5 rings (SSSR count). The third-order valence-electron chi connectivity index (χ3n) is 6.21. The van der Waals surface area contributed by atoms with Crippen molar-refractivity contribution >= 4 is 0 Å². The van der Waals surface area contributed by atoms with E-state index in [1.54, 1.807) is 29.1 Å². The molecule has 0 bridgehead atoms. The number of pyridine rings is 1. The number of hydrogen-bond acceptors (Lipinski definition) is 6. The van der Waals surface area contributed by atoms with Gasteiger partial charge in [-0.15, -0.1) is 10.2 Å². The van der Waals surface area contributed by atoms with Crippen LogP contribution in [0.15, 0.2) is 71.8 Å². The number of H-pyrrole nitrogens is 1. The molecule has 0 saturated heterocycles. The smallest absolute Gasteiger partial charge is 0.333 e. The Morgan fingerprint density at radius 3 is 2.59 bits per heavy atom. The van der Waals surface area contributed by atoms with E-state index >= 15 is 0 Å². The Kier molecular flexibility index (Phi) is 6.89. The molecule has 1 N–H and O–H groups in total. The molecule has 0 aliphatic heterocycles. The largest absolute Gasteiger partial charge is 0.494 e. The van der Waals surface area contributed by atoms with E-state index in [9.17, 15) is 9.18 Å². The van der Waals surface area contributed by atoms with Gasteiger partial charge >= 0.3 is 5.69 Å². The van der Waals surface area contributed by atoms with Gasteiger partial charge in [0, 0.05) is 29.2 Å². The highest BCUT2D eigenvalue weighted by Gasteiger charge is 2.19. The van der Waals surface area contributed by atoms with Crippen molar-refractivity contribution in [3.63, 3.8) is 0 Å². The van der Waals surface area contributed by atoms with Gasteiger partial charge in [-0.25, -0.2) is 9.18 Å². The van der Waals surface area contributed by atoms with Crippen LogP contribution in [-0.2, 0) is 13.0 Å². The molecule has 9 nitrogen and oxygen atoms in total. The van der Waals surface area contributed by atoms with Crippen molar-refractivity contribution < 1.29 is 9.13 Å². The number of nitrogens with one attached hydrogen (secondary N) is 1. The van der Waals surface area contributed by atoms with E-state index in [1.807, 2.05) is 36.4 Å². The highest BCUT2D eigenvalue weighted by molar-refractivity contribution is 5.78. The lowest BCUT2D eigenvalue weighted by atomic mass is 10.0. The van der Waals surface area contributed by atoms with Gasteiger partial charge in [0.1, 0.15) is 11.4 Å². The summed E-state index contributed by atoms with van der Waals surface area (Å²) in [6.07, 6.45) is 6.03. The lowest BCUT2D eigenvalue weighted by molar-refractivity contribution is 0.408. The number of ether oxygens (including phenoxy) is 1. The van der Waals surface area contributed by atoms with E-state index in [1.165, 1.54) is 17.7 Å². The first-order chi connectivity index (χ1) is 18.1. The summed E-state index contributed by atoms with van der Waals surface area (Å²) in [5.41, 5.74) is 3.87. The number of methoxy groups -OCH3 is 1. The van der Waals surface area contributed by atoms with Gasteiger partial charge < -0.3 is 4.74 Å². The number of aryl methyl sites for hydroxylation is 1. The van der Waals surface area contributed by atoms with Crippen LogP contribution < -0.4 is 10.4 Å². The fraction of sp³-hybridized carbons (Fsp3) is 0.222. The molecule has 0 amide bonds. The number of para-hydroxylation sites is 1. The average Bonchev–Trinajstić information content (AvgIpc) is 3.57. The van der Waals surface area contributed by atoms with Gasteiger partial charge in [0.2, 0.25) is 5.82 Å². The van der Waals surface area contributed by atoms with Gasteiger partial charge in [-0.1, -0.05) is 49.7 Å². The zero-order valence-electron chi connectivity index (χ0n) is 20.6. The van der Waals surface area contributed by atoms with Crippen molar-refractivity contribution in [2.24, 2.45) is 0 Å². The van der Waals surface area contributed by atoms with E-state index in [-0.39, 0.29) is 11.4 Å². The van der Waals surface area contributed by atoms with Crippen molar-refractivity contribution in [3.8, 4) is 34.1 Å². The predicted molar refractivity (Wildman–Crippen MR) is 137 cm³/mol. The topological polar surface area (TPSA) is 104 Å². The Bertz CT molecular complexity index is 1560. The lowest BCUT2D eigenvalue weighted by Crippen LogP contribution is -2.25. The molecule has 3 heterocycles. The Labute approximate surface area is 212 Å². The first kappa shape index (κ1) is 24.1. The number of halogens is 1. The quantitative estimate of drug-likeness (QED) is 0.322. The molecular formula is C27H26FN7O2. The zero-order chi connectivity index (χ0) is 25.8. The molecular weight excluding hydrogens is 473 g/mol. The fourth-order valence-corrected chi connectivity index (χ4v) is 4.34. The number of aromatic amines is 1. The number of unbranched alkanes of at least 4 members (excludes halogenated alkanes) is 1. The molecule has 3 aromatic heterocycles. The summed E-state index contributed by atoms with van der Waals surface area (Å²) >= 11 is 0. The first-order valence-electron chi connectivity index (χ1n) is 12.0. The van der Waals surface area contributed by atoms with Crippen molar-refractivity contribution in [1.29, 1.82) is 0 Å². The normalized spacial score (nSPS) is 11.1. The average molecular weight is 500 g/mol. The summed E-state index contributed by atoms with van der Waals surface area (Å²) < 4.78 is 23.1. The summed E-state index contributed by atoms with van der Waals surface area (Å²) in [4.78, 5) is 18.2. The van der Waals surface area contributed by atoms with Crippen LogP contribution in [0.3, 0.4) is 0 Å². The van der Waals surface area contributed by atoms with E-state index < -0.39 is 5.82 Å². The fourth-order valence-electron chi connectivity index (χ4n) is 4.34. The third-order valence-corrected chi connectivity index (χ3v) is 6.21. The molecule has 0 spiro atoms. The summed E-state index contributed by atoms with van der Waals surface area (Å²) in [6, 6.07) is 16.1. The maximum Gasteiger partial charge on any atom is 0.333 e. The number of nitrogens with zero attached hydrogens (tertiary/aromatic N) is 6. The number of rotatable bonds is 9. The van der Waals surface area contributed by atoms with Crippen molar-refractivity contribution in [2.75, 3.05) is 7.11 Å². The minimum atomic E-state index is -0.521. The van der Waals surface area contributed by atoms with E-state index in [2.05, 4.69) is 32.5 Å². The summed E-state index contributed by atoms with van der Waals surface area (Å²) in [5, 5.41) is 14.3. The Morgan fingerprint density at radius 1 is 1.05 bits per heavy atom. The summed E-state index contributed by atoms with van der Waals surface area (Å²) in [7, 11) is 1.46. The summed E-state index contributed by atoms with van der Waals surface area (Å²) in [5.74, 6) is 0.262. The molecule has 37 heavy (non-hydrogen) atoms. The molecule has 0 unspecified atom stereocenters. The van der Waals surface area contributed by atoms with Crippen LogP contribution in [-0.4, -0.2) is 41.9 Å². The SMILES string of the molecule is CCCCc1cn(-c2c(F)cccc2OC)c(=O)n1Cc1ccc(-c2ccccc2-c2nn[nH]n2)nc1. The standard InChI is InChI=1S/C27H26FN7O2/c1-3-4-8-19-17-35(25-22(28)11-7-12-24(25)37-2)27(36)34(19)16-18-13-14-23(29-15-18)20-9-5-6-10-21(20)26-30-32-33-31-26/h5-7,9-15,17H,3-4,8,16H2,1-2H3,(H,30,31,32,33). The number of tetrazole rings is 1. The van der Waals surface area contributed by atoms with Gasteiger partial charge in [-0.05, 0) is 41.8 Å². The second-order valence-corrected chi connectivity index (χ2v) is 8.59. The molecule has 188 valence electrons. The third kappa shape index (κ3) is 4.77. The summed E-state index contributed by atoms with van der Waals surface area (Å²) in [6.45, 7) is 2.40. The van der Waals surface area contributed by atoms with Crippen LogP contribution in [0.25, 0.3) is 28.3 Å². The maximum atomic E-state index is 14.8. The molecule has 0 atom stereocenters. The molecule has 2 aromatic carbocycles. The predicted octanol–water partition coefficient (Wildman–Crippen LogP) is 4.42. The second kappa shape index (κ2) is 10.6. The van der Waals surface area contributed by atoms with Crippen LogP contribution in [0.2, 0.25) is 0 Å². The van der Waals surface area contributed by atoms with Gasteiger partial charge in [0.05, 0.1) is 19.3 Å². The number of hydrogen-bond donors (Lipinski definition) is 1. The van der Waals surface area contributed by atoms with Gasteiger partial charge in [0.15, 0.2) is 5.82 Å². The molecule has 0 aliphatic rings. The van der Waals surface area contributed by atoms with Crippen LogP contribution in [0.4, 0.5) is 4.39 Å². The first-order valence-corrected chi connectivity index (χ1v) is 12.0. The van der Waals surface area contributed by atoms with Gasteiger partial charge in [-0.3, -0.25) is 14.1 Å². The Balaban J connectivity index is 1.50. The zero-order valence-corrected chi connectivity index (χ0v) is 20.6. The minimum Gasteiger partial charge on any atom is -0.494 e. The molecule has 0 radical (unpaired) electrons. The molecule has 10 heteroatoms. The number of benzene rings is 2. The van der Waals surface area contributed by atoms with Crippen molar-refractivity contribution in [2.45, 2.75) is 32.7 Å². The van der Waals surface area contributed by atoms with E-state index in [0.717, 1.165) is 40.9 Å². The Morgan fingerprint density at radius 2 is 1.89 bits per heavy atom. The number of aromatic nitrogens is 7. The number of imidazole rings is 1. The minimum absolute atomic E-state index is 0.109. The highest BCUT2D eigenvalue weighted by Crippen LogP contribution is 2.29. The molecule has 0 saturated carbocycles. The highest BCUT2D eigenvalue weighted by atomic mass is 19.1. The lowest BCUT2D eigenvalue weighted by Gasteiger charge is -2.10. The van der Waals surface area contributed by atoms with Gasteiger partial charge in [-0.2, -0.15) is 5.21 Å². The second-order valence-electron chi connectivity index (χ2n) is 8.59. The van der Waals surface area contributed by atoms with Crippen LogP contribution >= 0.6 is 0 Å². The van der Waals surface area contributed by atoms with Crippen LogP contribution in [0.5, 0.6) is 5.75 Å².